The van der Waals surface area contributed by atoms with Gasteiger partial charge in [-0.05, 0) is 82.9 Å². The highest BCUT2D eigenvalue weighted by molar-refractivity contribution is 5.83. The van der Waals surface area contributed by atoms with Crippen LogP contribution in [-0.2, 0) is 0 Å². The van der Waals surface area contributed by atoms with Gasteiger partial charge in [-0.1, -0.05) is 13.0 Å². The predicted octanol–water partition coefficient (Wildman–Crippen LogP) is 5.61. The Hall–Kier alpha value is -3.50. The minimum atomic E-state index is -0.658. The first-order valence-corrected chi connectivity index (χ1v) is 13.6. The number of halogens is 2. The summed E-state index contributed by atoms with van der Waals surface area (Å²) in [6.45, 7) is 11.2. The van der Waals surface area contributed by atoms with Gasteiger partial charge in [-0.3, -0.25) is 0 Å². The molecule has 10 heteroatoms. The number of piperidine rings is 1. The number of anilines is 2. The van der Waals surface area contributed by atoms with Gasteiger partial charge in [0, 0.05) is 23.7 Å². The van der Waals surface area contributed by atoms with Gasteiger partial charge < -0.3 is 19.9 Å². The van der Waals surface area contributed by atoms with Gasteiger partial charge in [-0.25, -0.2) is 28.7 Å². The second-order valence-corrected chi connectivity index (χ2v) is 10.5. The number of aromatic nitrogens is 5. The van der Waals surface area contributed by atoms with E-state index in [0.717, 1.165) is 44.2 Å². The standard InChI is InChI=1S/C29H35F2N7O/c1-5-37-10-8-19(9-11-37)22(16-39)20-6-7-26(32-14-20)35-29-33-15-24(31)27(36-29)21-12-23(30)28-25(13-21)38(17(2)3)18(4)34-28/h6-7,12-15,17,19,22,39H,5,8-11,16H2,1-4H3,(H,32,33,35,36)/t22-/m1/s1. The maximum atomic E-state index is 15.0. The van der Waals surface area contributed by atoms with Crippen molar-refractivity contribution < 1.29 is 13.9 Å². The summed E-state index contributed by atoms with van der Waals surface area (Å²) in [5, 5.41) is 13.1. The number of aryl methyl sites for hydroxylation is 1. The quantitative estimate of drug-likeness (QED) is 0.303. The van der Waals surface area contributed by atoms with Crippen molar-refractivity contribution in [3.05, 3.63) is 59.7 Å². The van der Waals surface area contributed by atoms with Crippen LogP contribution >= 0.6 is 0 Å². The molecule has 3 aromatic heterocycles. The Balaban J connectivity index is 1.38. The molecule has 5 rings (SSSR count). The number of hydrogen-bond acceptors (Lipinski definition) is 7. The number of likely N-dealkylation sites (tertiary alicyclic amines) is 1. The third-order valence-corrected chi connectivity index (χ3v) is 7.76. The van der Waals surface area contributed by atoms with Crippen molar-refractivity contribution in [3.63, 3.8) is 0 Å². The second-order valence-electron chi connectivity index (χ2n) is 10.5. The van der Waals surface area contributed by atoms with E-state index in [1.54, 1.807) is 18.3 Å². The fraction of sp³-hybridized carbons (Fsp3) is 0.448. The van der Waals surface area contributed by atoms with E-state index in [4.69, 9.17) is 0 Å². The average molecular weight is 536 g/mol. The fourth-order valence-electron chi connectivity index (χ4n) is 5.70. The summed E-state index contributed by atoms with van der Waals surface area (Å²) in [6.07, 6.45) is 4.93. The minimum absolute atomic E-state index is 0.0159. The van der Waals surface area contributed by atoms with Gasteiger partial charge in [-0.15, -0.1) is 0 Å². The molecule has 0 radical (unpaired) electrons. The van der Waals surface area contributed by atoms with Crippen LogP contribution in [0.4, 0.5) is 20.5 Å². The summed E-state index contributed by atoms with van der Waals surface area (Å²) in [5.74, 6) is 0.576. The number of hydrogen-bond donors (Lipinski definition) is 2. The zero-order valence-electron chi connectivity index (χ0n) is 22.8. The van der Waals surface area contributed by atoms with Gasteiger partial charge in [0.15, 0.2) is 11.6 Å². The Bertz CT molecular complexity index is 1450. The first kappa shape index (κ1) is 27.1. The summed E-state index contributed by atoms with van der Waals surface area (Å²) in [6, 6.07) is 6.77. The summed E-state index contributed by atoms with van der Waals surface area (Å²) < 4.78 is 31.8. The summed E-state index contributed by atoms with van der Waals surface area (Å²) in [7, 11) is 0. The first-order valence-electron chi connectivity index (χ1n) is 13.6. The number of rotatable bonds is 8. The van der Waals surface area contributed by atoms with Gasteiger partial charge in [0.05, 0.1) is 18.3 Å². The van der Waals surface area contributed by atoms with Crippen molar-refractivity contribution in [2.75, 3.05) is 31.6 Å². The Kier molecular flexibility index (Phi) is 7.86. The van der Waals surface area contributed by atoms with Gasteiger partial charge >= 0.3 is 0 Å². The molecule has 1 aliphatic heterocycles. The molecular weight excluding hydrogens is 500 g/mol. The van der Waals surface area contributed by atoms with E-state index >= 15 is 0 Å². The molecule has 1 aliphatic rings. The lowest BCUT2D eigenvalue weighted by Crippen LogP contribution is -2.36. The molecule has 0 saturated carbocycles. The molecule has 206 valence electrons. The highest BCUT2D eigenvalue weighted by Crippen LogP contribution is 2.33. The molecule has 0 aliphatic carbocycles. The number of nitrogens with one attached hydrogen (secondary N) is 1. The van der Waals surface area contributed by atoms with Gasteiger partial charge in [0.25, 0.3) is 0 Å². The zero-order chi connectivity index (χ0) is 27.7. The molecule has 4 aromatic rings. The third-order valence-electron chi connectivity index (χ3n) is 7.76. The van der Waals surface area contributed by atoms with Gasteiger partial charge in [-0.2, -0.15) is 0 Å². The molecule has 0 spiro atoms. The van der Waals surface area contributed by atoms with Crippen molar-refractivity contribution >= 4 is 22.8 Å². The van der Waals surface area contributed by atoms with Crippen molar-refractivity contribution in [1.82, 2.24) is 29.4 Å². The van der Waals surface area contributed by atoms with Gasteiger partial charge in [0.1, 0.15) is 22.9 Å². The molecule has 0 bridgehead atoms. The van der Waals surface area contributed by atoms with Crippen LogP contribution in [0.2, 0.25) is 0 Å². The normalized spacial score (nSPS) is 15.8. The van der Waals surface area contributed by atoms with Crippen molar-refractivity contribution in [1.29, 1.82) is 0 Å². The van der Waals surface area contributed by atoms with Crippen LogP contribution in [-0.4, -0.2) is 60.8 Å². The largest absolute Gasteiger partial charge is 0.396 e. The van der Waals surface area contributed by atoms with Gasteiger partial charge in [0.2, 0.25) is 5.95 Å². The minimum Gasteiger partial charge on any atom is -0.396 e. The monoisotopic (exact) mass is 535 g/mol. The molecule has 0 unspecified atom stereocenters. The number of imidazole rings is 1. The molecule has 0 amide bonds. The third kappa shape index (κ3) is 5.49. The maximum Gasteiger partial charge on any atom is 0.229 e. The van der Waals surface area contributed by atoms with E-state index in [1.165, 1.54) is 6.07 Å². The van der Waals surface area contributed by atoms with Crippen LogP contribution in [0.1, 0.15) is 57.0 Å². The molecule has 1 saturated heterocycles. The molecule has 2 N–H and O–H groups in total. The fourth-order valence-corrected chi connectivity index (χ4v) is 5.70. The lowest BCUT2D eigenvalue weighted by Gasteiger charge is -2.35. The van der Waals surface area contributed by atoms with Crippen molar-refractivity contribution in [3.8, 4) is 11.3 Å². The summed E-state index contributed by atoms with van der Waals surface area (Å²) >= 11 is 0. The SMILES string of the molecule is CCN1CCC([C@@H](CO)c2ccc(Nc3ncc(F)c(-c4cc(F)c5nc(C)n(C(C)C)c5c4)n3)nc2)CC1. The predicted molar refractivity (Wildman–Crippen MR) is 148 cm³/mol. The molecule has 1 fully saturated rings. The van der Waals surface area contributed by atoms with Crippen LogP contribution in [0.5, 0.6) is 0 Å². The Labute approximate surface area is 227 Å². The zero-order valence-corrected chi connectivity index (χ0v) is 22.8. The van der Waals surface area contributed by atoms with Crippen molar-refractivity contribution in [2.24, 2.45) is 5.92 Å². The number of pyridine rings is 1. The van der Waals surface area contributed by atoms with E-state index in [-0.39, 0.29) is 35.7 Å². The number of nitrogens with zero attached hydrogens (tertiary/aromatic N) is 6. The first-order chi connectivity index (χ1) is 18.8. The molecule has 1 atom stereocenters. The Morgan fingerprint density at radius 2 is 1.82 bits per heavy atom. The number of benzene rings is 1. The van der Waals surface area contributed by atoms with Crippen LogP contribution in [0.25, 0.3) is 22.3 Å². The molecular formula is C29H35F2N7O. The second kappa shape index (κ2) is 11.3. The van der Waals surface area contributed by atoms with E-state index in [0.29, 0.717) is 28.6 Å². The van der Waals surface area contributed by atoms with E-state index < -0.39 is 11.6 Å². The smallest absolute Gasteiger partial charge is 0.229 e. The lowest BCUT2D eigenvalue weighted by molar-refractivity contribution is 0.143. The number of aliphatic hydroxyl groups excluding tert-OH is 1. The van der Waals surface area contributed by atoms with E-state index in [1.807, 2.05) is 31.4 Å². The van der Waals surface area contributed by atoms with Crippen LogP contribution in [0.3, 0.4) is 0 Å². The van der Waals surface area contributed by atoms with E-state index in [2.05, 4.69) is 37.1 Å². The molecule has 39 heavy (non-hydrogen) atoms. The summed E-state index contributed by atoms with van der Waals surface area (Å²) in [4.78, 5) is 19.7. The Morgan fingerprint density at radius 3 is 2.46 bits per heavy atom. The average Bonchev–Trinajstić information content (AvgIpc) is 3.28. The number of aliphatic hydroxyl groups is 1. The van der Waals surface area contributed by atoms with Crippen LogP contribution in [0.15, 0.2) is 36.7 Å². The highest BCUT2D eigenvalue weighted by atomic mass is 19.1. The lowest BCUT2D eigenvalue weighted by atomic mass is 9.81. The van der Waals surface area contributed by atoms with E-state index in [9.17, 15) is 13.9 Å². The summed E-state index contributed by atoms with van der Waals surface area (Å²) in [5.41, 5.74) is 2.10. The molecule has 8 nitrogen and oxygen atoms in total. The maximum absolute atomic E-state index is 15.0. The molecule has 1 aromatic carbocycles. The van der Waals surface area contributed by atoms with Crippen LogP contribution in [0, 0.1) is 24.5 Å². The molecule has 4 heterocycles. The Morgan fingerprint density at radius 1 is 1.05 bits per heavy atom. The highest BCUT2D eigenvalue weighted by Gasteiger charge is 2.27. The van der Waals surface area contributed by atoms with Crippen LogP contribution < -0.4 is 5.32 Å². The number of fused-ring (bicyclic) bond motifs is 1. The topological polar surface area (TPSA) is 92.0 Å². The van der Waals surface area contributed by atoms with Crippen molar-refractivity contribution in [2.45, 2.75) is 52.5 Å².